The van der Waals surface area contributed by atoms with E-state index in [0.717, 1.165) is 22.1 Å². The Morgan fingerprint density at radius 1 is 1.11 bits per heavy atom. The van der Waals surface area contributed by atoms with Crippen molar-refractivity contribution in [2.75, 3.05) is 6.61 Å². The van der Waals surface area contributed by atoms with Crippen molar-refractivity contribution in [1.82, 2.24) is 0 Å². The maximum atomic E-state index is 12.1. The molecule has 0 aliphatic heterocycles. The Bertz CT molecular complexity index is 1000. The van der Waals surface area contributed by atoms with Crippen LogP contribution in [0.4, 0.5) is 0 Å². The summed E-state index contributed by atoms with van der Waals surface area (Å²) in [4.78, 5) is 24.0. The van der Waals surface area contributed by atoms with E-state index in [2.05, 4.69) is 0 Å². The summed E-state index contributed by atoms with van der Waals surface area (Å²) in [6, 6.07) is 14.8. The third kappa shape index (κ3) is 4.03. The molecule has 1 atom stereocenters. The maximum Gasteiger partial charge on any atom is 0.347 e. The summed E-state index contributed by atoms with van der Waals surface area (Å²) in [7, 11) is 0. The van der Waals surface area contributed by atoms with Gasteiger partial charge in [0, 0.05) is 17.5 Å². The lowest BCUT2D eigenvalue weighted by atomic mass is 9.99. The zero-order valence-corrected chi connectivity index (χ0v) is 15.7. The van der Waals surface area contributed by atoms with Crippen LogP contribution in [0.3, 0.4) is 0 Å². The number of aryl methyl sites for hydroxylation is 1. The first-order valence-electron chi connectivity index (χ1n) is 9.03. The highest BCUT2D eigenvalue weighted by Crippen LogP contribution is 2.33. The molecule has 0 saturated carbocycles. The predicted octanol–water partition coefficient (Wildman–Crippen LogP) is 4.35. The van der Waals surface area contributed by atoms with Crippen molar-refractivity contribution in [2.45, 2.75) is 33.3 Å². The Kier molecular flexibility index (Phi) is 5.60. The van der Waals surface area contributed by atoms with E-state index in [1.165, 1.54) is 6.07 Å². The Balaban J connectivity index is 2.11. The molecule has 0 bridgehead atoms. The van der Waals surface area contributed by atoms with Crippen molar-refractivity contribution >= 4 is 16.9 Å². The summed E-state index contributed by atoms with van der Waals surface area (Å²) in [5.41, 5.74) is 2.65. The molecule has 0 aliphatic rings. The van der Waals surface area contributed by atoms with Crippen LogP contribution in [0.5, 0.6) is 5.75 Å². The zero-order chi connectivity index (χ0) is 19.4. The highest BCUT2D eigenvalue weighted by molar-refractivity contribution is 5.94. The van der Waals surface area contributed by atoms with Crippen molar-refractivity contribution < 1.29 is 18.7 Å². The molecule has 27 heavy (non-hydrogen) atoms. The standard InChI is InChI=1S/C22H22O5/c1-4-15-11-18-17(16-9-7-6-8-10-16)12-21(23)27-20(18)13-19(15)26-14(3)22(24)25-5-2/h6-14H,4-5H2,1-3H3/t14-/m1/s1. The normalized spacial score (nSPS) is 12.0. The molecule has 1 heterocycles. The number of hydrogen-bond donors (Lipinski definition) is 0. The molecule has 0 amide bonds. The number of hydrogen-bond acceptors (Lipinski definition) is 5. The molecule has 3 aromatic rings. The van der Waals surface area contributed by atoms with E-state index in [-0.39, 0.29) is 0 Å². The Morgan fingerprint density at radius 3 is 2.52 bits per heavy atom. The number of benzene rings is 2. The predicted molar refractivity (Wildman–Crippen MR) is 104 cm³/mol. The van der Waals surface area contributed by atoms with Crippen LogP contribution in [0.25, 0.3) is 22.1 Å². The fourth-order valence-electron chi connectivity index (χ4n) is 2.98. The van der Waals surface area contributed by atoms with Crippen LogP contribution < -0.4 is 10.4 Å². The second-order valence-corrected chi connectivity index (χ2v) is 6.17. The van der Waals surface area contributed by atoms with Crippen LogP contribution in [-0.2, 0) is 16.0 Å². The second kappa shape index (κ2) is 8.08. The first-order chi connectivity index (χ1) is 13.0. The second-order valence-electron chi connectivity index (χ2n) is 6.17. The third-order valence-corrected chi connectivity index (χ3v) is 4.31. The molecular formula is C22H22O5. The minimum Gasteiger partial charge on any atom is -0.479 e. The van der Waals surface area contributed by atoms with Crippen LogP contribution in [0.2, 0.25) is 0 Å². The van der Waals surface area contributed by atoms with Gasteiger partial charge in [-0.15, -0.1) is 0 Å². The summed E-state index contributed by atoms with van der Waals surface area (Å²) < 4.78 is 16.2. The molecule has 0 aliphatic carbocycles. The lowest BCUT2D eigenvalue weighted by Crippen LogP contribution is -2.26. The molecular weight excluding hydrogens is 344 g/mol. The molecule has 140 valence electrons. The minimum absolute atomic E-state index is 0.292. The van der Waals surface area contributed by atoms with Gasteiger partial charge in [0.15, 0.2) is 6.10 Å². The van der Waals surface area contributed by atoms with Crippen LogP contribution in [0.1, 0.15) is 26.3 Å². The number of carbonyl (C=O) groups excluding carboxylic acids is 1. The van der Waals surface area contributed by atoms with Crippen molar-refractivity contribution in [2.24, 2.45) is 0 Å². The van der Waals surface area contributed by atoms with E-state index in [4.69, 9.17) is 13.9 Å². The van der Waals surface area contributed by atoms with E-state index >= 15 is 0 Å². The van der Waals surface area contributed by atoms with Gasteiger partial charge in [-0.3, -0.25) is 0 Å². The molecule has 0 spiro atoms. The minimum atomic E-state index is -0.753. The molecule has 5 heteroatoms. The average molecular weight is 366 g/mol. The number of rotatable bonds is 6. The van der Waals surface area contributed by atoms with Gasteiger partial charge in [0.2, 0.25) is 0 Å². The molecule has 0 radical (unpaired) electrons. The van der Waals surface area contributed by atoms with E-state index < -0.39 is 17.7 Å². The first kappa shape index (κ1) is 18.7. The number of fused-ring (bicyclic) bond motifs is 1. The van der Waals surface area contributed by atoms with Crippen LogP contribution in [0, 0.1) is 0 Å². The van der Waals surface area contributed by atoms with Crippen molar-refractivity contribution in [3.8, 4) is 16.9 Å². The van der Waals surface area contributed by atoms with Gasteiger partial charge in [-0.05, 0) is 43.0 Å². The quantitative estimate of drug-likeness (QED) is 0.479. The summed E-state index contributed by atoms with van der Waals surface area (Å²) in [5, 5.41) is 0.828. The highest BCUT2D eigenvalue weighted by atomic mass is 16.6. The molecule has 2 aromatic carbocycles. The Morgan fingerprint density at radius 2 is 1.85 bits per heavy atom. The highest BCUT2D eigenvalue weighted by Gasteiger charge is 2.19. The molecule has 0 saturated heterocycles. The van der Waals surface area contributed by atoms with Crippen molar-refractivity contribution in [1.29, 1.82) is 0 Å². The first-order valence-corrected chi connectivity index (χ1v) is 9.03. The van der Waals surface area contributed by atoms with Crippen LogP contribution in [0.15, 0.2) is 57.7 Å². The number of ether oxygens (including phenoxy) is 2. The molecule has 3 rings (SSSR count). The lowest BCUT2D eigenvalue weighted by Gasteiger charge is -2.17. The van der Waals surface area contributed by atoms with Gasteiger partial charge in [0.1, 0.15) is 11.3 Å². The molecule has 0 N–H and O–H groups in total. The largest absolute Gasteiger partial charge is 0.479 e. The summed E-state index contributed by atoms with van der Waals surface area (Å²) in [6.07, 6.45) is -0.0505. The van der Waals surface area contributed by atoms with Gasteiger partial charge in [-0.1, -0.05) is 37.3 Å². The van der Waals surface area contributed by atoms with E-state index in [9.17, 15) is 9.59 Å². The Hall–Kier alpha value is -3.08. The summed E-state index contributed by atoms with van der Waals surface area (Å²) in [6.45, 7) is 5.68. The fourth-order valence-corrected chi connectivity index (χ4v) is 2.98. The SMILES string of the molecule is CCOC(=O)[C@@H](C)Oc1cc2oc(=O)cc(-c3ccccc3)c2cc1CC. The smallest absolute Gasteiger partial charge is 0.347 e. The van der Waals surface area contributed by atoms with Gasteiger partial charge in [-0.2, -0.15) is 0 Å². The Labute approximate surface area is 157 Å². The summed E-state index contributed by atoms with van der Waals surface area (Å²) >= 11 is 0. The zero-order valence-electron chi connectivity index (χ0n) is 15.7. The third-order valence-electron chi connectivity index (χ3n) is 4.31. The fraction of sp³-hybridized carbons (Fsp3) is 0.273. The van der Waals surface area contributed by atoms with E-state index in [0.29, 0.717) is 24.4 Å². The summed E-state index contributed by atoms with van der Waals surface area (Å²) in [5.74, 6) is 0.0815. The van der Waals surface area contributed by atoms with Gasteiger partial charge in [0.05, 0.1) is 6.61 Å². The monoisotopic (exact) mass is 366 g/mol. The molecule has 0 fully saturated rings. The van der Waals surface area contributed by atoms with Gasteiger partial charge >= 0.3 is 11.6 Å². The van der Waals surface area contributed by atoms with Crippen molar-refractivity contribution in [3.63, 3.8) is 0 Å². The number of esters is 1. The van der Waals surface area contributed by atoms with Crippen LogP contribution >= 0.6 is 0 Å². The molecule has 1 aromatic heterocycles. The van der Waals surface area contributed by atoms with E-state index in [1.807, 2.05) is 43.3 Å². The maximum absolute atomic E-state index is 12.1. The topological polar surface area (TPSA) is 65.7 Å². The average Bonchev–Trinajstić information content (AvgIpc) is 2.67. The van der Waals surface area contributed by atoms with Gasteiger partial charge in [-0.25, -0.2) is 9.59 Å². The van der Waals surface area contributed by atoms with Gasteiger partial charge in [0.25, 0.3) is 0 Å². The number of carbonyl (C=O) groups is 1. The van der Waals surface area contributed by atoms with Crippen LogP contribution in [-0.4, -0.2) is 18.7 Å². The molecule has 0 unspecified atom stereocenters. The van der Waals surface area contributed by atoms with E-state index in [1.54, 1.807) is 19.9 Å². The molecule has 5 nitrogen and oxygen atoms in total. The van der Waals surface area contributed by atoms with Crippen molar-refractivity contribution in [3.05, 3.63) is 64.5 Å². The lowest BCUT2D eigenvalue weighted by molar-refractivity contribution is -0.150. The van der Waals surface area contributed by atoms with Gasteiger partial charge < -0.3 is 13.9 Å².